The molecular formula is C28H36N8O4S. The van der Waals surface area contributed by atoms with Crippen LogP contribution in [0.4, 0.5) is 0 Å². The van der Waals surface area contributed by atoms with E-state index in [1.807, 2.05) is 13.8 Å². The van der Waals surface area contributed by atoms with E-state index in [9.17, 15) is 13.2 Å². The van der Waals surface area contributed by atoms with Crippen LogP contribution in [0.1, 0.15) is 39.3 Å². The van der Waals surface area contributed by atoms with Gasteiger partial charge in [0.2, 0.25) is 10.0 Å². The molecule has 0 N–H and O–H groups in total. The average molecular weight is 581 g/mol. The molecule has 218 valence electrons. The second-order valence-corrected chi connectivity index (χ2v) is 12.0. The van der Waals surface area contributed by atoms with Crippen molar-refractivity contribution in [3.05, 3.63) is 52.7 Å². The first-order valence-corrected chi connectivity index (χ1v) is 15.5. The zero-order valence-corrected chi connectivity index (χ0v) is 24.8. The zero-order valence-electron chi connectivity index (χ0n) is 23.9. The maximum Gasteiger partial charge on any atom is 0.281 e. The number of aryl methyl sites for hydroxylation is 1. The normalized spacial score (nSPS) is 15.0. The van der Waals surface area contributed by atoms with E-state index in [2.05, 4.69) is 27.1 Å². The summed E-state index contributed by atoms with van der Waals surface area (Å²) < 4.78 is 38.1. The number of likely N-dealkylation sites (N-methyl/N-ethyl adjacent to an activating group) is 1. The summed E-state index contributed by atoms with van der Waals surface area (Å²) in [5.74, 6) is 0.775. The van der Waals surface area contributed by atoms with E-state index in [1.165, 1.54) is 8.87 Å². The van der Waals surface area contributed by atoms with Crippen LogP contribution in [0, 0.1) is 0 Å². The zero-order chi connectivity index (χ0) is 29.1. The molecule has 0 atom stereocenters. The summed E-state index contributed by atoms with van der Waals surface area (Å²) in [5, 5.41) is 12.4. The summed E-state index contributed by atoms with van der Waals surface area (Å²) in [6.07, 6.45) is 5.34. The molecule has 13 heteroatoms. The van der Waals surface area contributed by atoms with E-state index in [1.54, 1.807) is 48.4 Å². The summed E-state index contributed by atoms with van der Waals surface area (Å²) in [5.41, 5.74) is 2.23. The molecule has 41 heavy (non-hydrogen) atoms. The standard InChI is InChI=1S/C28H36N8O4S/c1-5-8-23-25-26(32-36(23)20-11-12-29-30-19-20)28(37)33(4)27(31-25)22-18-21(9-10-24(22)40-17-6-2)41(38,39)35-15-13-34(7-3)14-16-35/h9-12,18-19H,5-8,13-17H2,1-4H3. The molecule has 12 nitrogen and oxygen atoms in total. The first kappa shape index (κ1) is 28.8. The van der Waals surface area contributed by atoms with Crippen LogP contribution >= 0.6 is 0 Å². The van der Waals surface area contributed by atoms with Crippen LogP contribution < -0.4 is 10.3 Å². The fraction of sp³-hybridized carbons (Fsp3) is 0.464. The Morgan fingerprint density at radius 3 is 2.41 bits per heavy atom. The third kappa shape index (κ3) is 5.48. The van der Waals surface area contributed by atoms with Crippen molar-refractivity contribution in [2.24, 2.45) is 7.05 Å². The van der Waals surface area contributed by atoms with Gasteiger partial charge in [0.05, 0.1) is 40.8 Å². The quantitative estimate of drug-likeness (QED) is 0.278. The Labute approximate surface area is 239 Å². The summed E-state index contributed by atoms with van der Waals surface area (Å²) in [6.45, 7) is 9.64. The minimum Gasteiger partial charge on any atom is -0.493 e. The largest absolute Gasteiger partial charge is 0.493 e. The van der Waals surface area contributed by atoms with Gasteiger partial charge in [-0.25, -0.2) is 18.1 Å². The SMILES string of the molecule is CCCOc1ccc(S(=O)(=O)N2CCN(CC)CC2)cc1-c1nc2c(CCC)n(-c3ccnnc3)nc2c(=O)n1C. The van der Waals surface area contributed by atoms with Crippen molar-refractivity contribution in [2.75, 3.05) is 39.3 Å². The highest BCUT2D eigenvalue weighted by atomic mass is 32.2. The molecule has 0 unspecified atom stereocenters. The van der Waals surface area contributed by atoms with Crippen LogP contribution in [0.5, 0.6) is 5.75 Å². The lowest BCUT2D eigenvalue weighted by molar-refractivity contribution is 0.196. The first-order chi connectivity index (χ1) is 19.8. The van der Waals surface area contributed by atoms with Gasteiger partial charge in [0, 0.05) is 33.2 Å². The molecular weight excluding hydrogens is 544 g/mol. The molecule has 0 bridgehead atoms. The maximum atomic E-state index is 13.7. The third-order valence-electron chi connectivity index (χ3n) is 7.37. The van der Waals surface area contributed by atoms with Crippen molar-refractivity contribution >= 4 is 21.1 Å². The van der Waals surface area contributed by atoms with Gasteiger partial charge in [0.1, 0.15) is 17.1 Å². The van der Waals surface area contributed by atoms with Crippen LogP contribution in [-0.2, 0) is 23.5 Å². The van der Waals surface area contributed by atoms with E-state index in [-0.39, 0.29) is 16.0 Å². The molecule has 0 saturated carbocycles. The molecule has 3 aromatic heterocycles. The molecule has 4 heterocycles. The number of benzene rings is 1. The number of sulfonamides is 1. The summed E-state index contributed by atoms with van der Waals surface area (Å²) in [4.78, 5) is 21.0. The van der Waals surface area contributed by atoms with Gasteiger partial charge < -0.3 is 9.64 Å². The van der Waals surface area contributed by atoms with Gasteiger partial charge in [0.25, 0.3) is 5.56 Å². The molecule has 1 aliphatic heterocycles. The Morgan fingerprint density at radius 2 is 1.76 bits per heavy atom. The number of ether oxygens (including phenoxy) is 1. The van der Waals surface area contributed by atoms with Crippen molar-refractivity contribution in [3.63, 3.8) is 0 Å². The average Bonchev–Trinajstić information content (AvgIpc) is 3.36. The molecule has 0 radical (unpaired) electrons. The number of nitrogens with zero attached hydrogens (tertiary/aromatic N) is 8. The smallest absolute Gasteiger partial charge is 0.281 e. The van der Waals surface area contributed by atoms with Crippen LogP contribution in [0.25, 0.3) is 28.1 Å². The summed E-state index contributed by atoms with van der Waals surface area (Å²) in [6, 6.07) is 6.59. The van der Waals surface area contributed by atoms with Crippen molar-refractivity contribution in [1.29, 1.82) is 0 Å². The summed E-state index contributed by atoms with van der Waals surface area (Å²) in [7, 11) is -2.15. The highest BCUT2D eigenvalue weighted by molar-refractivity contribution is 7.89. The van der Waals surface area contributed by atoms with Gasteiger partial charge in [-0.1, -0.05) is 27.2 Å². The highest BCUT2D eigenvalue weighted by Crippen LogP contribution is 2.33. The molecule has 5 rings (SSSR count). The molecule has 0 aliphatic carbocycles. The number of fused-ring (bicyclic) bond motifs is 1. The van der Waals surface area contributed by atoms with E-state index in [0.717, 1.165) is 25.1 Å². The Balaban J connectivity index is 1.68. The monoisotopic (exact) mass is 580 g/mol. The predicted octanol–water partition coefficient (Wildman–Crippen LogP) is 2.64. The minimum absolute atomic E-state index is 0.142. The maximum absolute atomic E-state index is 13.7. The lowest BCUT2D eigenvalue weighted by atomic mass is 10.1. The number of rotatable bonds is 10. The van der Waals surface area contributed by atoms with Crippen LogP contribution in [-0.4, -0.2) is 86.5 Å². The summed E-state index contributed by atoms with van der Waals surface area (Å²) >= 11 is 0. The van der Waals surface area contributed by atoms with Gasteiger partial charge in [-0.05, 0) is 43.7 Å². The predicted molar refractivity (Wildman–Crippen MR) is 156 cm³/mol. The lowest BCUT2D eigenvalue weighted by Crippen LogP contribution is -2.48. The van der Waals surface area contributed by atoms with Gasteiger partial charge in [-0.3, -0.25) is 9.36 Å². The second kappa shape index (κ2) is 12.0. The van der Waals surface area contributed by atoms with Crippen LogP contribution in [0.15, 0.2) is 46.3 Å². The Morgan fingerprint density at radius 1 is 0.976 bits per heavy atom. The molecule has 0 spiro atoms. The molecule has 1 aromatic carbocycles. The molecule has 1 aliphatic rings. The van der Waals surface area contributed by atoms with E-state index in [4.69, 9.17) is 9.72 Å². The molecule has 0 amide bonds. The van der Waals surface area contributed by atoms with Crippen molar-refractivity contribution < 1.29 is 13.2 Å². The van der Waals surface area contributed by atoms with Gasteiger partial charge in [-0.15, -0.1) is 0 Å². The van der Waals surface area contributed by atoms with Gasteiger partial charge >= 0.3 is 0 Å². The van der Waals surface area contributed by atoms with E-state index >= 15 is 0 Å². The Hall–Kier alpha value is -3.68. The second-order valence-electron chi connectivity index (χ2n) is 10.1. The minimum atomic E-state index is -3.77. The first-order valence-electron chi connectivity index (χ1n) is 14.1. The number of hydrogen-bond donors (Lipinski definition) is 0. The highest BCUT2D eigenvalue weighted by Gasteiger charge is 2.30. The molecule has 1 saturated heterocycles. The van der Waals surface area contributed by atoms with Crippen molar-refractivity contribution in [3.8, 4) is 22.8 Å². The number of piperazine rings is 1. The van der Waals surface area contributed by atoms with Gasteiger partial charge in [0.15, 0.2) is 5.52 Å². The van der Waals surface area contributed by atoms with E-state index in [0.29, 0.717) is 67.5 Å². The lowest BCUT2D eigenvalue weighted by Gasteiger charge is -2.33. The molecule has 4 aromatic rings. The number of aromatic nitrogens is 6. The fourth-order valence-electron chi connectivity index (χ4n) is 5.08. The molecule has 1 fully saturated rings. The van der Waals surface area contributed by atoms with E-state index < -0.39 is 10.0 Å². The van der Waals surface area contributed by atoms with Crippen LogP contribution in [0.2, 0.25) is 0 Å². The number of hydrogen-bond acceptors (Lipinski definition) is 9. The van der Waals surface area contributed by atoms with Crippen molar-refractivity contribution in [1.82, 2.24) is 38.7 Å². The Kier molecular flexibility index (Phi) is 8.47. The third-order valence-corrected chi connectivity index (χ3v) is 9.26. The topological polar surface area (TPSA) is 128 Å². The Bertz CT molecular complexity index is 1690. The van der Waals surface area contributed by atoms with Crippen LogP contribution in [0.3, 0.4) is 0 Å². The van der Waals surface area contributed by atoms with Gasteiger partial charge in [-0.2, -0.15) is 19.6 Å². The fourth-order valence-corrected chi connectivity index (χ4v) is 6.53. The van der Waals surface area contributed by atoms with Crippen molar-refractivity contribution in [2.45, 2.75) is 44.9 Å².